The fourth-order valence-corrected chi connectivity index (χ4v) is 1.82. The highest BCUT2D eigenvalue weighted by Crippen LogP contribution is 2.32. The summed E-state index contributed by atoms with van der Waals surface area (Å²) in [7, 11) is 0. The normalized spacial score (nSPS) is 18.9. The molecule has 1 amide bonds. The summed E-state index contributed by atoms with van der Waals surface area (Å²) in [6.45, 7) is 2.11. The maximum atomic E-state index is 13.2. The van der Waals surface area contributed by atoms with Crippen LogP contribution in [-0.4, -0.2) is 18.6 Å². The first kappa shape index (κ1) is 14.7. The van der Waals surface area contributed by atoms with Gasteiger partial charge in [-0.1, -0.05) is 0 Å². The van der Waals surface area contributed by atoms with Crippen molar-refractivity contribution in [2.75, 3.05) is 6.61 Å². The Morgan fingerprint density at radius 1 is 1.61 bits per heavy atom. The molecule has 1 aromatic carbocycles. The third-order valence-corrected chi connectivity index (χ3v) is 2.74. The van der Waals surface area contributed by atoms with Gasteiger partial charge in [-0.15, -0.1) is 12.4 Å². The monoisotopic (exact) mass is 274 g/mol. The van der Waals surface area contributed by atoms with Gasteiger partial charge in [0.2, 0.25) is 5.91 Å². The summed E-state index contributed by atoms with van der Waals surface area (Å²) >= 11 is 0. The molecule has 0 saturated carbocycles. The molecule has 1 aliphatic rings. The zero-order valence-corrected chi connectivity index (χ0v) is 10.8. The van der Waals surface area contributed by atoms with E-state index in [9.17, 15) is 9.18 Å². The molecular weight excluding hydrogens is 259 g/mol. The Hall–Kier alpha value is -1.33. The Kier molecular flexibility index (Phi) is 4.93. The molecule has 1 aliphatic heterocycles. The lowest BCUT2D eigenvalue weighted by atomic mass is 10.00. The van der Waals surface area contributed by atoms with E-state index in [2.05, 4.69) is 5.32 Å². The van der Waals surface area contributed by atoms with Gasteiger partial charge in [0.15, 0.2) is 0 Å². The lowest BCUT2D eigenvalue weighted by Gasteiger charge is -2.27. The molecule has 1 aromatic rings. The highest BCUT2D eigenvalue weighted by atomic mass is 35.5. The Morgan fingerprint density at radius 3 is 3.00 bits per heavy atom. The van der Waals surface area contributed by atoms with E-state index in [4.69, 9.17) is 10.5 Å². The summed E-state index contributed by atoms with van der Waals surface area (Å²) in [6, 6.07) is 3.51. The number of carbonyl (C=O) groups excluding carboxylic acids is 1. The van der Waals surface area contributed by atoms with Crippen molar-refractivity contribution >= 4 is 18.3 Å². The maximum Gasteiger partial charge on any atom is 0.237 e. The predicted octanol–water partition coefficient (Wildman–Crippen LogP) is 1.53. The first-order valence-corrected chi connectivity index (χ1v) is 5.56. The van der Waals surface area contributed by atoms with Crippen LogP contribution in [0.5, 0.6) is 5.75 Å². The van der Waals surface area contributed by atoms with Crippen molar-refractivity contribution in [3.05, 3.63) is 29.6 Å². The van der Waals surface area contributed by atoms with Gasteiger partial charge in [-0.2, -0.15) is 0 Å². The van der Waals surface area contributed by atoms with Crippen LogP contribution in [0.1, 0.15) is 24.9 Å². The minimum atomic E-state index is -0.574. The topological polar surface area (TPSA) is 64.4 Å². The number of nitrogens with one attached hydrogen (secondary N) is 1. The largest absolute Gasteiger partial charge is 0.493 e. The minimum Gasteiger partial charge on any atom is -0.493 e. The fourth-order valence-electron chi connectivity index (χ4n) is 1.82. The van der Waals surface area contributed by atoms with Gasteiger partial charge in [0.1, 0.15) is 11.6 Å². The number of carbonyl (C=O) groups is 1. The standard InChI is InChI=1S/C12H15FN2O2.ClH/c1-7(14)12(16)15-10-4-5-17-11-3-2-8(13)6-9(10)11;/h2-3,6-7,10H,4-5,14H2,1H3,(H,15,16);1H/t7-,10?;/m1./s1. The summed E-state index contributed by atoms with van der Waals surface area (Å²) in [5.74, 6) is 0.0361. The molecule has 18 heavy (non-hydrogen) atoms. The number of benzene rings is 1. The Morgan fingerprint density at radius 2 is 2.33 bits per heavy atom. The van der Waals surface area contributed by atoms with E-state index >= 15 is 0 Å². The number of nitrogens with two attached hydrogens (primary N) is 1. The SMILES string of the molecule is C[C@@H](N)C(=O)NC1CCOc2ccc(F)cc21.Cl. The molecule has 0 saturated heterocycles. The highest BCUT2D eigenvalue weighted by Gasteiger charge is 2.24. The van der Waals surface area contributed by atoms with Crippen molar-refractivity contribution in [3.63, 3.8) is 0 Å². The van der Waals surface area contributed by atoms with E-state index in [0.717, 1.165) is 0 Å². The van der Waals surface area contributed by atoms with Gasteiger partial charge in [-0.3, -0.25) is 4.79 Å². The number of hydrogen-bond acceptors (Lipinski definition) is 3. The van der Waals surface area contributed by atoms with Gasteiger partial charge >= 0.3 is 0 Å². The molecule has 0 spiro atoms. The molecule has 0 aliphatic carbocycles. The number of amides is 1. The smallest absolute Gasteiger partial charge is 0.237 e. The number of fused-ring (bicyclic) bond motifs is 1. The Bertz CT molecular complexity index is 440. The highest BCUT2D eigenvalue weighted by molar-refractivity contribution is 5.85. The molecular formula is C12H16ClFN2O2. The molecule has 0 fully saturated rings. The van der Waals surface area contributed by atoms with Crippen molar-refractivity contribution in [1.82, 2.24) is 5.32 Å². The predicted molar refractivity (Wildman–Crippen MR) is 68.3 cm³/mol. The molecule has 0 radical (unpaired) electrons. The Labute approximate surface area is 111 Å². The van der Waals surface area contributed by atoms with E-state index in [0.29, 0.717) is 24.3 Å². The van der Waals surface area contributed by atoms with Crippen LogP contribution >= 0.6 is 12.4 Å². The van der Waals surface area contributed by atoms with Crippen molar-refractivity contribution < 1.29 is 13.9 Å². The quantitative estimate of drug-likeness (QED) is 0.860. The number of hydrogen-bond donors (Lipinski definition) is 2. The van der Waals surface area contributed by atoms with Crippen molar-refractivity contribution in [1.29, 1.82) is 0 Å². The van der Waals surface area contributed by atoms with Gasteiger partial charge in [0.05, 0.1) is 18.7 Å². The van der Waals surface area contributed by atoms with Gasteiger partial charge in [-0.25, -0.2) is 4.39 Å². The van der Waals surface area contributed by atoms with E-state index in [1.165, 1.54) is 12.1 Å². The molecule has 1 unspecified atom stereocenters. The zero-order valence-electron chi connectivity index (χ0n) is 9.98. The van der Waals surface area contributed by atoms with Gasteiger partial charge < -0.3 is 15.8 Å². The second-order valence-electron chi connectivity index (χ2n) is 4.17. The molecule has 0 aromatic heterocycles. The zero-order chi connectivity index (χ0) is 12.4. The second-order valence-corrected chi connectivity index (χ2v) is 4.17. The maximum absolute atomic E-state index is 13.2. The lowest BCUT2D eigenvalue weighted by molar-refractivity contribution is -0.122. The molecule has 0 bridgehead atoms. The Balaban J connectivity index is 0.00000162. The first-order valence-electron chi connectivity index (χ1n) is 5.56. The molecule has 2 rings (SSSR count). The average Bonchev–Trinajstić information content (AvgIpc) is 2.29. The van der Waals surface area contributed by atoms with Crippen LogP contribution in [0.4, 0.5) is 4.39 Å². The van der Waals surface area contributed by atoms with E-state index in [1.807, 2.05) is 0 Å². The molecule has 100 valence electrons. The first-order chi connectivity index (χ1) is 8.08. The molecule has 1 heterocycles. The average molecular weight is 275 g/mol. The molecule has 2 atom stereocenters. The van der Waals surface area contributed by atoms with Gasteiger partial charge in [-0.05, 0) is 25.1 Å². The molecule has 3 N–H and O–H groups in total. The summed E-state index contributed by atoms with van der Waals surface area (Å²) < 4.78 is 18.6. The summed E-state index contributed by atoms with van der Waals surface area (Å²) in [4.78, 5) is 11.5. The number of rotatable bonds is 2. The van der Waals surface area contributed by atoms with E-state index in [-0.39, 0.29) is 30.2 Å². The lowest BCUT2D eigenvalue weighted by Crippen LogP contribution is -2.41. The van der Waals surface area contributed by atoms with Crippen LogP contribution in [0, 0.1) is 5.82 Å². The van der Waals surface area contributed by atoms with Gasteiger partial charge in [0.25, 0.3) is 0 Å². The van der Waals surface area contributed by atoms with Crippen LogP contribution in [-0.2, 0) is 4.79 Å². The van der Waals surface area contributed by atoms with Crippen LogP contribution in [0.2, 0.25) is 0 Å². The van der Waals surface area contributed by atoms with Gasteiger partial charge in [0, 0.05) is 12.0 Å². The fraction of sp³-hybridized carbons (Fsp3) is 0.417. The third kappa shape index (κ3) is 3.11. The minimum absolute atomic E-state index is 0. The second kappa shape index (κ2) is 6.02. The summed E-state index contributed by atoms with van der Waals surface area (Å²) in [6.07, 6.45) is 0.620. The van der Waals surface area contributed by atoms with Crippen molar-refractivity contribution in [3.8, 4) is 5.75 Å². The molecule has 6 heteroatoms. The number of halogens is 2. The van der Waals surface area contributed by atoms with Crippen molar-refractivity contribution in [2.45, 2.75) is 25.4 Å². The van der Waals surface area contributed by atoms with Crippen LogP contribution in [0.15, 0.2) is 18.2 Å². The van der Waals surface area contributed by atoms with E-state index in [1.54, 1.807) is 13.0 Å². The third-order valence-electron chi connectivity index (χ3n) is 2.74. The van der Waals surface area contributed by atoms with E-state index < -0.39 is 6.04 Å². The summed E-state index contributed by atoms with van der Waals surface area (Å²) in [5.41, 5.74) is 6.16. The van der Waals surface area contributed by atoms with Crippen LogP contribution in [0.3, 0.4) is 0 Å². The van der Waals surface area contributed by atoms with Crippen LogP contribution in [0.25, 0.3) is 0 Å². The van der Waals surface area contributed by atoms with Crippen molar-refractivity contribution in [2.24, 2.45) is 5.73 Å². The summed E-state index contributed by atoms with van der Waals surface area (Å²) in [5, 5.41) is 2.79. The van der Waals surface area contributed by atoms with Crippen LogP contribution < -0.4 is 15.8 Å². The number of ether oxygens (including phenoxy) is 1. The molecule has 4 nitrogen and oxygen atoms in total.